The van der Waals surface area contributed by atoms with Gasteiger partial charge in [0.25, 0.3) is 0 Å². The van der Waals surface area contributed by atoms with Crippen LogP contribution in [0, 0.1) is 0 Å². The number of alkyl halides is 1. The molecule has 0 radical (unpaired) electrons. The van der Waals surface area contributed by atoms with E-state index in [-0.39, 0.29) is 4.83 Å². The summed E-state index contributed by atoms with van der Waals surface area (Å²) in [6.07, 6.45) is 2.68. The van der Waals surface area contributed by atoms with Crippen LogP contribution in [0.5, 0.6) is 0 Å². The van der Waals surface area contributed by atoms with E-state index in [1.807, 2.05) is 6.92 Å². The highest BCUT2D eigenvalue weighted by atomic mass is 79.9. The molecule has 0 N–H and O–H groups in total. The summed E-state index contributed by atoms with van der Waals surface area (Å²) in [5, 5.41) is 0. The van der Waals surface area contributed by atoms with Crippen molar-refractivity contribution in [2.75, 3.05) is 0 Å². The first-order valence-electron chi connectivity index (χ1n) is 3.39. The lowest BCUT2D eigenvalue weighted by Crippen LogP contribution is -2.11. The van der Waals surface area contributed by atoms with Crippen LogP contribution in [-0.4, -0.2) is 10.6 Å². The Morgan fingerprint density at radius 3 is 2.44 bits per heavy atom. The largest absolute Gasteiger partial charge is 0.298 e. The fraction of sp³-hybridized carbons (Fsp3) is 0.857. The third-order valence-electron chi connectivity index (χ3n) is 1.24. The molecule has 0 heterocycles. The lowest BCUT2D eigenvalue weighted by Gasteiger charge is -2.02. The molecule has 54 valence electrons. The minimum Gasteiger partial charge on any atom is -0.298 e. The van der Waals surface area contributed by atoms with Gasteiger partial charge in [-0.3, -0.25) is 4.79 Å². The highest BCUT2D eigenvalue weighted by Crippen LogP contribution is 2.09. The van der Waals surface area contributed by atoms with Gasteiger partial charge < -0.3 is 0 Å². The number of rotatable bonds is 4. The predicted molar refractivity (Wildman–Crippen MR) is 42.9 cm³/mol. The summed E-state index contributed by atoms with van der Waals surface area (Å²) in [6, 6.07) is 0. The van der Waals surface area contributed by atoms with E-state index in [1.165, 1.54) is 0 Å². The van der Waals surface area contributed by atoms with Gasteiger partial charge in [-0.05, 0) is 6.42 Å². The highest BCUT2D eigenvalue weighted by molar-refractivity contribution is 9.10. The normalized spacial score (nSPS) is 13.2. The van der Waals surface area contributed by atoms with Crippen molar-refractivity contribution in [2.24, 2.45) is 0 Å². The van der Waals surface area contributed by atoms with Crippen LogP contribution in [0.25, 0.3) is 0 Å². The van der Waals surface area contributed by atoms with E-state index in [0.717, 1.165) is 12.8 Å². The Labute approximate surface area is 65.0 Å². The molecule has 0 aromatic rings. The van der Waals surface area contributed by atoms with Crippen LogP contribution < -0.4 is 0 Å². The van der Waals surface area contributed by atoms with Gasteiger partial charge in [0, 0.05) is 6.42 Å². The molecule has 0 aromatic carbocycles. The molecular weight excluding hydrogens is 180 g/mol. The van der Waals surface area contributed by atoms with Crippen molar-refractivity contribution in [1.82, 2.24) is 0 Å². The maximum atomic E-state index is 10.9. The van der Waals surface area contributed by atoms with Crippen molar-refractivity contribution in [1.29, 1.82) is 0 Å². The summed E-state index contributed by atoms with van der Waals surface area (Å²) in [5.41, 5.74) is 0. The van der Waals surface area contributed by atoms with E-state index in [9.17, 15) is 4.79 Å². The molecule has 1 nitrogen and oxygen atoms in total. The summed E-state index contributed by atoms with van der Waals surface area (Å²) in [7, 11) is 0. The standard InChI is InChI=1S/C7H13BrO/c1-3-5-6(8)7(9)4-2/h6H,3-5H2,1-2H3. The van der Waals surface area contributed by atoms with Crippen LogP contribution in [0.4, 0.5) is 0 Å². The first kappa shape index (κ1) is 9.15. The maximum Gasteiger partial charge on any atom is 0.146 e. The smallest absolute Gasteiger partial charge is 0.146 e. The first-order valence-corrected chi connectivity index (χ1v) is 4.30. The van der Waals surface area contributed by atoms with Crippen LogP contribution >= 0.6 is 15.9 Å². The third-order valence-corrected chi connectivity index (χ3v) is 2.21. The van der Waals surface area contributed by atoms with Crippen LogP contribution in [0.3, 0.4) is 0 Å². The molecule has 0 bridgehead atoms. The van der Waals surface area contributed by atoms with E-state index in [2.05, 4.69) is 22.9 Å². The molecule has 0 fully saturated rings. The Bertz CT molecular complexity index is 90.9. The summed E-state index contributed by atoms with van der Waals surface area (Å²) in [5.74, 6) is 0.317. The summed E-state index contributed by atoms with van der Waals surface area (Å²) < 4.78 is 0. The Kier molecular flexibility index (Phi) is 5.06. The second-order valence-electron chi connectivity index (χ2n) is 2.08. The van der Waals surface area contributed by atoms with Crippen molar-refractivity contribution in [3.05, 3.63) is 0 Å². The van der Waals surface area contributed by atoms with Gasteiger partial charge in [-0.1, -0.05) is 36.2 Å². The van der Waals surface area contributed by atoms with Gasteiger partial charge in [-0.15, -0.1) is 0 Å². The zero-order chi connectivity index (χ0) is 7.28. The fourth-order valence-electron chi connectivity index (χ4n) is 0.636. The molecule has 2 heteroatoms. The third kappa shape index (κ3) is 3.68. The van der Waals surface area contributed by atoms with Crippen molar-refractivity contribution < 1.29 is 4.79 Å². The van der Waals surface area contributed by atoms with E-state index in [0.29, 0.717) is 12.2 Å². The molecule has 0 aliphatic carbocycles. The second kappa shape index (κ2) is 4.98. The molecule has 9 heavy (non-hydrogen) atoms. The molecule has 0 aliphatic rings. The van der Waals surface area contributed by atoms with Gasteiger partial charge in [-0.2, -0.15) is 0 Å². The molecule has 0 saturated heterocycles. The zero-order valence-corrected chi connectivity index (χ0v) is 7.57. The average molecular weight is 193 g/mol. The fourth-order valence-corrected chi connectivity index (χ4v) is 1.42. The number of carbonyl (C=O) groups excluding carboxylic acids is 1. The Morgan fingerprint density at radius 2 is 2.11 bits per heavy atom. The zero-order valence-electron chi connectivity index (χ0n) is 5.98. The molecule has 0 rings (SSSR count). The molecule has 1 atom stereocenters. The monoisotopic (exact) mass is 192 g/mol. The number of carbonyl (C=O) groups is 1. The molecule has 0 aromatic heterocycles. The van der Waals surface area contributed by atoms with E-state index in [4.69, 9.17) is 0 Å². The SMILES string of the molecule is CCCC(Br)C(=O)CC. The Morgan fingerprint density at radius 1 is 1.56 bits per heavy atom. The highest BCUT2D eigenvalue weighted by Gasteiger charge is 2.09. The van der Waals surface area contributed by atoms with Crippen LogP contribution in [0.2, 0.25) is 0 Å². The number of hydrogen-bond donors (Lipinski definition) is 0. The van der Waals surface area contributed by atoms with Gasteiger partial charge >= 0.3 is 0 Å². The predicted octanol–water partition coefficient (Wildman–Crippen LogP) is 2.53. The number of Topliss-reactive ketones (excluding diaryl/α,β-unsaturated/α-hetero) is 1. The molecule has 0 aliphatic heterocycles. The summed E-state index contributed by atoms with van der Waals surface area (Å²) >= 11 is 3.31. The van der Waals surface area contributed by atoms with Crippen LogP contribution in [0.15, 0.2) is 0 Å². The molecule has 0 saturated carbocycles. The lowest BCUT2D eigenvalue weighted by atomic mass is 10.1. The minimum atomic E-state index is 0.104. The van der Waals surface area contributed by atoms with Crippen molar-refractivity contribution in [2.45, 2.75) is 37.9 Å². The Hall–Kier alpha value is 0.150. The second-order valence-corrected chi connectivity index (χ2v) is 3.18. The van der Waals surface area contributed by atoms with Gasteiger partial charge in [-0.25, -0.2) is 0 Å². The average Bonchev–Trinajstić information content (AvgIpc) is 1.87. The molecule has 0 amide bonds. The summed E-state index contributed by atoms with van der Waals surface area (Å²) in [4.78, 5) is 11.0. The number of hydrogen-bond acceptors (Lipinski definition) is 1. The molecule has 1 unspecified atom stereocenters. The van der Waals surface area contributed by atoms with E-state index < -0.39 is 0 Å². The van der Waals surface area contributed by atoms with Crippen molar-refractivity contribution >= 4 is 21.7 Å². The molecular formula is C7H13BrO. The van der Waals surface area contributed by atoms with E-state index in [1.54, 1.807) is 0 Å². The van der Waals surface area contributed by atoms with Crippen LogP contribution in [-0.2, 0) is 4.79 Å². The quantitative estimate of drug-likeness (QED) is 0.627. The lowest BCUT2D eigenvalue weighted by molar-refractivity contribution is -0.118. The van der Waals surface area contributed by atoms with Gasteiger partial charge in [0.15, 0.2) is 0 Å². The number of halogens is 1. The van der Waals surface area contributed by atoms with Gasteiger partial charge in [0.1, 0.15) is 5.78 Å². The maximum absolute atomic E-state index is 10.9. The Balaban J connectivity index is 3.45. The topological polar surface area (TPSA) is 17.1 Å². The molecule has 0 spiro atoms. The van der Waals surface area contributed by atoms with Crippen molar-refractivity contribution in [3.8, 4) is 0 Å². The van der Waals surface area contributed by atoms with Gasteiger partial charge in [0.2, 0.25) is 0 Å². The minimum absolute atomic E-state index is 0.104. The van der Waals surface area contributed by atoms with E-state index >= 15 is 0 Å². The number of ketones is 1. The van der Waals surface area contributed by atoms with Gasteiger partial charge in [0.05, 0.1) is 4.83 Å². The van der Waals surface area contributed by atoms with Crippen molar-refractivity contribution in [3.63, 3.8) is 0 Å². The first-order chi connectivity index (χ1) is 4.22. The summed E-state index contributed by atoms with van der Waals surface area (Å²) in [6.45, 7) is 3.98. The van der Waals surface area contributed by atoms with Crippen LogP contribution in [0.1, 0.15) is 33.1 Å².